The van der Waals surface area contributed by atoms with Crippen molar-refractivity contribution >= 4 is 11.6 Å². The van der Waals surface area contributed by atoms with Gasteiger partial charge in [0.05, 0.1) is 13.0 Å². The van der Waals surface area contributed by atoms with Crippen LogP contribution in [0.4, 0.5) is 11.6 Å². The molecule has 1 aromatic rings. The smallest absolute Gasteiger partial charge is 0.172 e. The molecule has 0 atom stereocenters. The second kappa shape index (κ2) is 2.15. The Morgan fingerprint density at radius 2 is 2.55 bits per heavy atom. The lowest BCUT2D eigenvalue weighted by atomic mass is 10.6. The van der Waals surface area contributed by atoms with Gasteiger partial charge in [-0.15, -0.1) is 0 Å². The molecule has 0 bridgehead atoms. The van der Waals surface area contributed by atoms with Gasteiger partial charge in [-0.05, 0) is 6.92 Å². The van der Waals surface area contributed by atoms with Crippen LogP contribution in [0.5, 0.6) is 0 Å². The molecule has 11 heavy (non-hydrogen) atoms. The fraction of sp³-hybridized carbons (Fsp3) is 0.571. The average Bonchev–Trinajstić information content (AvgIpc) is 2.54. The molecule has 4 nitrogen and oxygen atoms in total. The van der Waals surface area contributed by atoms with Gasteiger partial charge in [-0.3, -0.25) is 0 Å². The minimum atomic E-state index is 0.950. The Kier molecular flexibility index (Phi) is 1.27. The predicted molar refractivity (Wildman–Crippen MR) is 44.9 cm³/mol. The average molecular weight is 152 g/mol. The monoisotopic (exact) mass is 152 g/mol. The Bertz CT molecular complexity index is 255. The Labute approximate surface area is 65.8 Å². The summed E-state index contributed by atoms with van der Waals surface area (Å²) in [7, 11) is 2.05. The standard InChI is InChI=1S/C7H12N4/c1-3-11-5-10(2)6-7(11)9-4-8-6/h4H,3,5H2,1-2H3,(H,8,9). The van der Waals surface area contributed by atoms with E-state index in [-0.39, 0.29) is 0 Å². The summed E-state index contributed by atoms with van der Waals surface area (Å²) < 4.78 is 0. The van der Waals surface area contributed by atoms with E-state index in [1.165, 1.54) is 0 Å². The van der Waals surface area contributed by atoms with E-state index in [9.17, 15) is 0 Å². The number of H-pyrrole nitrogens is 1. The molecule has 0 aromatic carbocycles. The van der Waals surface area contributed by atoms with Crippen molar-refractivity contribution in [2.24, 2.45) is 0 Å². The summed E-state index contributed by atoms with van der Waals surface area (Å²) in [4.78, 5) is 11.7. The van der Waals surface area contributed by atoms with E-state index in [2.05, 4.69) is 33.7 Å². The molecule has 0 aliphatic carbocycles. The molecule has 0 amide bonds. The highest BCUT2D eigenvalue weighted by molar-refractivity contribution is 5.67. The van der Waals surface area contributed by atoms with Gasteiger partial charge in [-0.2, -0.15) is 0 Å². The predicted octanol–water partition coefficient (Wildman–Crippen LogP) is 0.643. The molecular weight excluding hydrogens is 140 g/mol. The lowest BCUT2D eigenvalue weighted by Gasteiger charge is -2.15. The third kappa shape index (κ3) is 0.785. The SMILES string of the molecule is CCN1CN(C)c2nc[nH]c21. The lowest BCUT2D eigenvalue weighted by Crippen LogP contribution is -2.28. The highest BCUT2D eigenvalue weighted by atomic mass is 15.4. The lowest BCUT2D eigenvalue weighted by molar-refractivity contribution is 0.826. The summed E-state index contributed by atoms with van der Waals surface area (Å²) in [5, 5.41) is 0. The van der Waals surface area contributed by atoms with E-state index in [0.717, 1.165) is 24.8 Å². The summed E-state index contributed by atoms with van der Waals surface area (Å²) in [6.45, 7) is 4.12. The van der Waals surface area contributed by atoms with Gasteiger partial charge in [0, 0.05) is 13.6 Å². The third-order valence-corrected chi connectivity index (χ3v) is 2.04. The molecule has 0 fully saturated rings. The first kappa shape index (κ1) is 6.52. The molecule has 0 spiro atoms. The first-order chi connectivity index (χ1) is 5.33. The van der Waals surface area contributed by atoms with E-state index in [1.54, 1.807) is 6.33 Å². The molecule has 2 rings (SSSR count). The van der Waals surface area contributed by atoms with Gasteiger partial charge < -0.3 is 14.8 Å². The molecule has 1 aliphatic rings. The van der Waals surface area contributed by atoms with Crippen molar-refractivity contribution in [2.45, 2.75) is 6.92 Å². The topological polar surface area (TPSA) is 35.2 Å². The van der Waals surface area contributed by atoms with Crippen molar-refractivity contribution in [3.05, 3.63) is 6.33 Å². The summed E-state index contributed by atoms with van der Waals surface area (Å²) in [6.07, 6.45) is 1.74. The van der Waals surface area contributed by atoms with Crippen molar-refractivity contribution in [1.29, 1.82) is 0 Å². The Morgan fingerprint density at radius 1 is 1.73 bits per heavy atom. The van der Waals surface area contributed by atoms with Crippen molar-refractivity contribution < 1.29 is 0 Å². The van der Waals surface area contributed by atoms with Crippen LogP contribution in [0.3, 0.4) is 0 Å². The van der Waals surface area contributed by atoms with Crippen LogP contribution in [0.25, 0.3) is 0 Å². The van der Waals surface area contributed by atoms with Gasteiger partial charge in [0.25, 0.3) is 0 Å². The molecule has 2 heterocycles. The molecule has 0 saturated heterocycles. The van der Waals surface area contributed by atoms with Gasteiger partial charge in [0.2, 0.25) is 0 Å². The summed E-state index contributed by atoms with van der Waals surface area (Å²) in [5.41, 5.74) is 0. The number of aromatic nitrogens is 2. The van der Waals surface area contributed by atoms with Crippen LogP contribution in [-0.4, -0.2) is 30.2 Å². The first-order valence-corrected chi connectivity index (χ1v) is 3.82. The van der Waals surface area contributed by atoms with Crippen LogP contribution < -0.4 is 9.80 Å². The Balaban J connectivity index is 2.37. The van der Waals surface area contributed by atoms with E-state index < -0.39 is 0 Å². The minimum Gasteiger partial charge on any atom is -0.339 e. The number of aromatic amines is 1. The largest absolute Gasteiger partial charge is 0.339 e. The zero-order chi connectivity index (χ0) is 7.84. The van der Waals surface area contributed by atoms with E-state index in [1.807, 2.05) is 0 Å². The Hall–Kier alpha value is -1.19. The zero-order valence-electron chi connectivity index (χ0n) is 6.83. The van der Waals surface area contributed by atoms with Gasteiger partial charge in [0.1, 0.15) is 0 Å². The highest BCUT2D eigenvalue weighted by Gasteiger charge is 2.23. The number of fused-ring (bicyclic) bond motifs is 1. The number of hydrogen-bond donors (Lipinski definition) is 1. The zero-order valence-corrected chi connectivity index (χ0v) is 6.83. The fourth-order valence-corrected chi connectivity index (χ4v) is 1.44. The van der Waals surface area contributed by atoms with Crippen molar-refractivity contribution in [3.8, 4) is 0 Å². The van der Waals surface area contributed by atoms with Crippen molar-refractivity contribution in [2.75, 3.05) is 30.1 Å². The second-order valence-corrected chi connectivity index (χ2v) is 2.77. The molecular formula is C7H12N4. The van der Waals surface area contributed by atoms with Gasteiger partial charge in [-0.1, -0.05) is 0 Å². The van der Waals surface area contributed by atoms with Crippen LogP contribution in [0.2, 0.25) is 0 Å². The number of anilines is 2. The van der Waals surface area contributed by atoms with Gasteiger partial charge >= 0.3 is 0 Å². The normalized spacial score (nSPS) is 15.8. The number of nitrogens with zero attached hydrogens (tertiary/aromatic N) is 3. The van der Waals surface area contributed by atoms with E-state index in [0.29, 0.717) is 0 Å². The second-order valence-electron chi connectivity index (χ2n) is 2.77. The Morgan fingerprint density at radius 3 is 3.27 bits per heavy atom. The van der Waals surface area contributed by atoms with Crippen molar-refractivity contribution in [1.82, 2.24) is 9.97 Å². The minimum absolute atomic E-state index is 0.950. The van der Waals surface area contributed by atoms with Crippen LogP contribution in [-0.2, 0) is 0 Å². The van der Waals surface area contributed by atoms with Gasteiger partial charge in [-0.25, -0.2) is 4.98 Å². The first-order valence-electron chi connectivity index (χ1n) is 3.82. The van der Waals surface area contributed by atoms with Crippen LogP contribution in [0, 0.1) is 0 Å². The van der Waals surface area contributed by atoms with Gasteiger partial charge in [0.15, 0.2) is 11.6 Å². The molecule has 60 valence electrons. The maximum atomic E-state index is 4.20. The summed E-state index contributed by atoms with van der Waals surface area (Å²) >= 11 is 0. The molecule has 4 heteroatoms. The third-order valence-electron chi connectivity index (χ3n) is 2.04. The van der Waals surface area contributed by atoms with E-state index >= 15 is 0 Å². The number of nitrogens with one attached hydrogen (secondary N) is 1. The molecule has 0 saturated carbocycles. The number of hydrogen-bond acceptors (Lipinski definition) is 3. The van der Waals surface area contributed by atoms with Crippen molar-refractivity contribution in [3.63, 3.8) is 0 Å². The molecule has 0 unspecified atom stereocenters. The van der Waals surface area contributed by atoms with Crippen LogP contribution in [0.1, 0.15) is 6.92 Å². The summed E-state index contributed by atoms with van der Waals surface area (Å²) in [6, 6.07) is 0. The summed E-state index contributed by atoms with van der Waals surface area (Å²) in [5.74, 6) is 2.21. The van der Waals surface area contributed by atoms with Crippen LogP contribution in [0.15, 0.2) is 6.33 Å². The van der Waals surface area contributed by atoms with Crippen LogP contribution >= 0.6 is 0 Å². The maximum Gasteiger partial charge on any atom is 0.172 e. The quantitative estimate of drug-likeness (QED) is 0.641. The maximum absolute atomic E-state index is 4.20. The number of rotatable bonds is 1. The fourth-order valence-electron chi connectivity index (χ4n) is 1.44. The number of imidazole rings is 1. The molecule has 1 aromatic heterocycles. The molecule has 1 N–H and O–H groups in total. The molecule has 0 radical (unpaired) electrons. The van der Waals surface area contributed by atoms with E-state index in [4.69, 9.17) is 0 Å². The highest BCUT2D eigenvalue weighted by Crippen LogP contribution is 2.29. The molecule has 1 aliphatic heterocycles.